The number of rotatable bonds is 0. The van der Waals surface area contributed by atoms with Crippen LogP contribution in [0, 0.1) is 0 Å². The molecule has 12 heavy (non-hydrogen) atoms. The van der Waals surface area contributed by atoms with E-state index in [1.165, 1.54) is 0 Å². The molecule has 0 saturated carbocycles. The van der Waals surface area contributed by atoms with E-state index in [0.29, 0.717) is 11.3 Å². The van der Waals surface area contributed by atoms with Crippen molar-refractivity contribution >= 4 is 11.8 Å². The smallest absolute Gasteiger partial charge is 0.310 e. The van der Waals surface area contributed by atoms with E-state index in [1.807, 2.05) is 6.92 Å². The quantitative estimate of drug-likeness (QED) is 0.612. The van der Waals surface area contributed by atoms with Gasteiger partial charge in [0.1, 0.15) is 0 Å². The average Bonchev–Trinajstić information content (AvgIpc) is 2.33. The van der Waals surface area contributed by atoms with E-state index in [2.05, 4.69) is 9.97 Å². The molecule has 0 saturated heterocycles. The zero-order valence-corrected chi connectivity index (χ0v) is 7.33. The standard InChI is InChI=1S/C7H8N2O2S/c1-3-5-4(2-12-3)6(10)9-7(11)8-5/h3H,2H2,1H3,(H2,8,9,10,11)/t3-/m0/s1. The highest BCUT2D eigenvalue weighted by Crippen LogP contribution is 2.37. The second-order valence-electron chi connectivity index (χ2n) is 2.75. The molecular weight excluding hydrogens is 176 g/mol. The van der Waals surface area contributed by atoms with Crippen molar-refractivity contribution in [3.05, 3.63) is 32.1 Å². The first kappa shape index (κ1) is 7.67. The molecule has 0 aromatic carbocycles. The number of nitrogens with one attached hydrogen (secondary N) is 2. The van der Waals surface area contributed by atoms with Crippen molar-refractivity contribution in [2.24, 2.45) is 0 Å². The largest absolute Gasteiger partial charge is 0.325 e. The Balaban J connectivity index is 2.77. The van der Waals surface area contributed by atoms with E-state index in [9.17, 15) is 9.59 Å². The highest BCUT2D eigenvalue weighted by Gasteiger charge is 2.22. The molecule has 0 aliphatic carbocycles. The fraction of sp³-hybridized carbons (Fsp3) is 0.429. The molecule has 0 amide bonds. The van der Waals surface area contributed by atoms with Gasteiger partial charge in [-0.05, 0) is 6.92 Å². The molecule has 0 unspecified atom stereocenters. The van der Waals surface area contributed by atoms with Crippen LogP contribution < -0.4 is 11.2 Å². The zero-order valence-electron chi connectivity index (χ0n) is 6.51. The summed E-state index contributed by atoms with van der Waals surface area (Å²) in [5.74, 6) is 0.697. The summed E-state index contributed by atoms with van der Waals surface area (Å²) >= 11 is 1.66. The molecule has 2 rings (SSSR count). The topological polar surface area (TPSA) is 65.7 Å². The van der Waals surface area contributed by atoms with Gasteiger partial charge >= 0.3 is 5.69 Å². The van der Waals surface area contributed by atoms with E-state index in [0.717, 1.165) is 5.69 Å². The van der Waals surface area contributed by atoms with E-state index in [1.54, 1.807) is 11.8 Å². The maximum absolute atomic E-state index is 11.2. The van der Waals surface area contributed by atoms with Crippen molar-refractivity contribution in [3.63, 3.8) is 0 Å². The van der Waals surface area contributed by atoms with Gasteiger partial charge in [0, 0.05) is 22.3 Å². The molecule has 64 valence electrons. The molecule has 2 heterocycles. The van der Waals surface area contributed by atoms with Crippen LogP contribution in [0.5, 0.6) is 0 Å². The number of H-pyrrole nitrogens is 2. The number of fused-ring (bicyclic) bond motifs is 1. The lowest BCUT2D eigenvalue weighted by atomic mass is 10.2. The van der Waals surface area contributed by atoms with Crippen LogP contribution in [-0.4, -0.2) is 9.97 Å². The molecule has 1 atom stereocenters. The maximum Gasteiger partial charge on any atom is 0.325 e. The van der Waals surface area contributed by atoms with Crippen LogP contribution in [0.1, 0.15) is 23.4 Å². The normalized spacial score (nSPS) is 20.9. The molecule has 0 radical (unpaired) electrons. The van der Waals surface area contributed by atoms with Gasteiger partial charge in [0.15, 0.2) is 0 Å². The highest BCUT2D eigenvalue weighted by atomic mass is 32.2. The minimum atomic E-state index is -0.409. The molecule has 5 heteroatoms. The SMILES string of the molecule is C[C@@H]1SCc2c1[nH]c(=O)[nH]c2=O. The van der Waals surface area contributed by atoms with Crippen LogP contribution in [0.4, 0.5) is 0 Å². The number of hydrogen-bond donors (Lipinski definition) is 2. The molecule has 1 aromatic rings. The van der Waals surface area contributed by atoms with Gasteiger partial charge in [0.25, 0.3) is 5.56 Å². The first-order chi connectivity index (χ1) is 5.68. The maximum atomic E-state index is 11.2. The summed E-state index contributed by atoms with van der Waals surface area (Å²) in [4.78, 5) is 26.9. The molecule has 1 aliphatic rings. The Morgan fingerprint density at radius 3 is 2.92 bits per heavy atom. The summed E-state index contributed by atoms with van der Waals surface area (Å²) in [5, 5.41) is 0.231. The third-order valence-corrected chi connectivity index (χ3v) is 3.15. The lowest BCUT2D eigenvalue weighted by Crippen LogP contribution is -2.26. The summed E-state index contributed by atoms with van der Waals surface area (Å²) in [6.45, 7) is 1.98. The molecule has 0 bridgehead atoms. The van der Waals surface area contributed by atoms with E-state index < -0.39 is 5.69 Å². The van der Waals surface area contributed by atoms with Crippen molar-refractivity contribution < 1.29 is 0 Å². The van der Waals surface area contributed by atoms with Crippen LogP contribution in [0.25, 0.3) is 0 Å². The van der Waals surface area contributed by atoms with Crippen LogP contribution in [0.15, 0.2) is 9.59 Å². The molecule has 2 N–H and O–H groups in total. The fourth-order valence-corrected chi connectivity index (χ4v) is 2.38. The fourth-order valence-electron chi connectivity index (χ4n) is 1.31. The Hall–Kier alpha value is -0.970. The summed E-state index contributed by atoms with van der Waals surface area (Å²) in [5.41, 5.74) is 0.847. The van der Waals surface area contributed by atoms with Crippen LogP contribution in [0.2, 0.25) is 0 Å². The van der Waals surface area contributed by atoms with E-state index >= 15 is 0 Å². The Morgan fingerprint density at radius 2 is 2.17 bits per heavy atom. The Kier molecular flexibility index (Phi) is 1.61. The predicted molar refractivity (Wildman–Crippen MR) is 47.4 cm³/mol. The monoisotopic (exact) mass is 184 g/mol. The minimum Gasteiger partial charge on any atom is -0.310 e. The van der Waals surface area contributed by atoms with Gasteiger partial charge in [0.05, 0.1) is 0 Å². The Labute approximate surface area is 72.4 Å². The van der Waals surface area contributed by atoms with Gasteiger partial charge in [-0.1, -0.05) is 0 Å². The Bertz CT molecular complexity index is 420. The van der Waals surface area contributed by atoms with Gasteiger partial charge in [0.2, 0.25) is 0 Å². The number of aromatic nitrogens is 2. The van der Waals surface area contributed by atoms with Crippen LogP contribution in [0.3, 0.4) is 0 Å². The minimum absolute atomic E-state index is 0.231. The van der Waals surface area contributed by atoms with Crippen molar-refractivity contribution in [2.45, 2.75) is 17.9 Å². The number of thioether (sulfide) groups is 1. The number of aromatic amines is 2. The lowest BCUT2D eigenvalue weighted by molar-refractivity contribution is 0.915. The van der Waals surface area contributed by atoms with Crippen LogP contribution >= 0.6 is 11.8 Å². The average molecular weight is 184 g/mol. The van der Waals surface area contributed by atoms with Gasteiger partial charge in [-0.2, -0.15) is 0 Å². The molecule has 1 aromatic heterocycles. The second-order valence-corrected chi connectivity index (χ2v) is 4.08. The summed E-state index contributed by atoms with van der Waals surface area (Å²) < 4.78 is 0. The summed E-state index contributed by atoms with van der Waals surface area (Å²) in [7, 11) is 0. The predicted octanol–water partition coefficient (Wildman–Crippen LogP) is 0.371. The highest BCUT2D eigenvalue weighted by molar-refractivity contribution is 7.99. The summed E-state index contributed by atoms with van der Waals surface area (Å²) in [6.07, 6.45) is 0. The van der Waals surface area contributed by atoms with Crippen molar-refractivity contribution in [1.82, 2.24) is 9.97 Å². The number of hydrogen-bond acceptors (Lipinski definition) is 3. The first-order valence-corrected chi connectivity index (χ1v) is 4.70. The van der Waals surface area contributed by atoms with Crippen molar-refractivity contribution in [2.75, 3.05) is 0 Å². The molecule has 0 spiro atoms. The third kappa shape index (κ3) is 1.01. The lowest BCUT2D eigenvalue weighted by Gasteiger charge is -2.00. The molecule has 4 nitrogen and oxygen atoms in total. The first-order valence-electron chi connectivity index (χ1n) is 3.65. The molecular formula is C7H8N2O2S. The van der Waals surface area contributed by atoms with E-state index in [4.69, 9.17) is 0 Å². The summed E-state index contributed by atoms with van der Waals surface area (Å²) in [6, 6.07) is 0. The van der Waals surface area contributed by atoms with Gasteiger partial charge < -0.3 is 4.98 Å². The van der Waals surface area contributed by atoms with E-state index in [-0.39, 0.29) is 10.8 Å². The van der Waals surface area contributed by atoms with Crippen molar-refractivity contribution in [3.8, 4) is 0 Å². The van der Waals surface area contributed by atoms with Crippen molar-refractivity contribution in [1.29, 1.82) is 0 Å². The molecule has 0 fully saturated rings. The second kappa shape index (κ2) is 2.52. The Morgan fingerprint density at radius 1 is 1.42 bits per heavy atom. The zero-order chi connectivity index (χ0) is 8.72. The molecule has 1 aliphatic heterocycles. The third-order valence-electron chi connectivity index (χ3n) is 1.96. The van der Waals surface area contributed by atoms with Gasteiger partial charge in [-0.25, -0.2) is 4.79 Å². The van der Waals surface area contributed by atoms with Crippen LogP contribution in [-0.2, 0) is 5.75 Å². The van der Waals surface area contributed by atoms with Gasteiger partial charge in [-0.3, -0.25) is 9.78 Å². The van der Waals surface area contributed by atoms with Gasteiger partial charge in [-0.15, -0.1) is 11.8 Å².